The van der Waals surface area contributed by atoms with Gasteiger partial charge in [-0.25, -0.2) is 0 Å². The first kappa shape index (κ1) is 9.00. The number of fused-ring (bicyclic) bond motifs is 2. The van der Waals surface area contributed by atoms with Gasteiger partial charge in [0.2, 0.25) is 0 Å². The fourth-order valence-electron chi connectivity index (χ4n) is 3.17. The number of hydrogen-bond acceptors (Lipinski definition) is 3. The van der Waals surface area contributed by atoms with Gasteiger partial charge in [0.25, 0.3) is 0 Å². The summed E-state index contributed by atoms with van der Waals surface area (Å²) in [5.41, 5.74) is 0.562. The molecule has 3 nitrogen and oxygen atoms in total. The Labute approximate surface area is 78.4 Å². The highest BCUT2D eigenvalue weighted by atomic mass is 16.4. The third-order valence-corrected chi connectivity index (χ3v) is 4.65. The Morgan fingerprint density at radius 1 is 1.38 bits per heavy atom. The van der Waals surface area contributed by atoms with E-state index < -0.39 is 6.10 Å². The van der Waals surface area contributed by atoms with E-state index >= 15 is 0 Å². The zero-order valence-corrected chi connectivity index (χ0v) is 8.41. The summed E-state index contributed by atoms with van der Waals surface area (Å²) in [4.78, 5) is 0. The zero-order chi connectivity index (χ0) is 9.85. The van der Waals surface area contributed by atoms with Crippen molar-refractivity contribution in [2.75, 3.05) is 0 Å². The van der Waals surface area contributed by atoms with Crippen LogP contribution in [0.5, 0.6) is 0 Å². The highest BCUT2D eigenvalue weighted by molar-refractivity contribution is 5.95. The van der Waals surface area contributed by atoms with Crippen molar-refractivity contribution < 1.29 is 10.3 Å². The first-order valence-electron chi connectivity index (χ1n) is 4.85. The van der Waals surface area contributed by atoms with Crippen molar-refractivity contribution >= 4 is 5.71 Å². The van der Waals surface area contributed by atoms with Gasteiger partial charge in [-0.2, -0.15) is 0 Å². The van der Waals surface area contributed by atoms with E-state index in [4.69, 9.17) is 5.21 Å². The van der Waals surface area contributed by atoms with Crippen molar-refractivity contribution in [2.24, 2.45) is 21.9 Å². The second kappa shape index (κ2) is 2.27. The maximum atomic E-state index is 9.98. The Kier molecular flexibility index (Phi) is 1.57. The average molecular weight is 183 g/mol. The normalized spacial score (nSPS) is 50.3. The van der Waals surface area contributed by atoms with Crippen LogP contribution in [0.4, 0.5) is 0 Å². The van der Waals surface area contributed by atoms with E-state index in [1.54, 1.807) is 0 Å². The van der Waals surface area contributed by atoms with E-state index in [1.807, 2.05) is 0 Å². The minimum absolute atomic E-state index is 0.0635. The summed E-state index contributed by atoms with van der Waals surface area (Å²) in [6.45, 7) is 6.41. The molecule has 0 amide bonds. The smallest absolute Gasteiger partial charge is 0.102 e. The minimum atomic E-state index is -0.550. The molecular weight excluding hydrogens is 166 g/mol. The molecule has 0 unspecified atom stereocenters. The van der Waals surface area contributed by atoms with Crippen LogP contribution in [0.25, 0.3) is 0 Å². The van der Waals surface area contributed by atoms with Crippen molar-refractivity contribution in [2.45, 2.75) is 39.7 Å². The molecule has 2 N–H and O–H groups in total. The first-order valence-corrected chi connectivity index (χ1v) is 4.85. The molecule has 0 aromatic rings. The lowest BCUT2D eigenvalue weighted by molar-refractivity contribution is 0.0332. The minimum Gasteiger partial charge on any atom is -0.411 e. The number of nitrogens with zero attached hydrogens (tertiary/aromatic N) is 1. The molecule has 2 rings (SSSR count). The SMILES string of the molecule is CC1(C)[C@H]2CC[C@@]1(C)[C@H](O)C2=NO. The van der Waals surface area contributed by atoms with E-state index in [1.165, 1.54) is 0 Å². The van der Waals surface area contributed by atoms with Crippen LogP contribution in [0.1, 0.15) is 33.6 Å². The van der Waals surface area contributed by atoms with Crippen molar-refractivity contribution in [1.82, 2.24) is 0 Å². The number of hydrogen-bond donors (Lipinski definition) is 2. The van der Waals surface area contributed by atoms with E-state index in [2.05, 4.69) is 25.9 Å². The van der Waals surface area contributed by atoms with Crippen molar-refractivity contribution in [1.29, 1.82) is 0 Å². The summed E-state index contributed by atoms with van der Waals surface area (Å²) in [6, 6.07) is 0. The van der Waals surface area contributed by atoms with Crippen molar-refractivity contribution in [3.05, 3.63) is 0 Å². The molecule has 0 aliphatic heterocycles. The third-order valence-electron chi connectivity index (χ3n) is 4.65. The summed E-state index contributed by atoms with van der Waals surface area (Å²) < 4.78 is 0. The van der Waals surface area contributed by atoms with Gasteiger partial charge in [-0.15, -0.1) is 0 Å². The lowest BCUT2D eigenvalue weighted by Gasteiger charge is -2.35. The largest absolute Gasteiger partial charge is 0.411 e. The van der Waals surface area contributed by atoms with Gasteiger partial charge in [-0.3, -0.25) is 0 Å². The van der Waals surface area contributed by atoms with E-state index in [-0.39, 0.29) is 16.7 Å². The molecule has 0 heterocycles. The topological polar surface area (TPSA) is 52.8 Å². The highest BCUT2D eigenvalue weighted by Crippen LogP contribution is 2.64. The molecule has 2 aliphatic rings. The van der Waals surface area contributed by atoms with Crippen LogP contribution in [-0.4, -0.2) is 22.1 Å². The third kappa shape index (κ3) is 0.766. The van der Waals surface area contributed by atoms with Gasteiger partial charge in [0.1, 0.15) is 6.10 Å². The van der Waals surface area contributed by atoms with Crippen molar-refractivity contribution in [3.8, 4) is 0 Å². The maximum absolute atomic E-state index is 9.98. The van der Waals surface area contributed by atoms with Gasteiger partial charge >= 0.3 is 0 Å². The molecule has 2 aliphatic carbocycles. The molecule has 2 saturated carbocycles. The molecule has 0 aromatic heterocycles. The first-order chi connectivity index (χ1) is 5.95. The number of oxime groups is 1. The molecule has 74 valence electrons. The Balaban J connectivity index is 2.51. The van der Waals surface area contributed by atoms with Crippen LogP contribution in [0.3, 0.4) is 0 Å². The van der Waals surface area contributed by atoms with E-state index in [9.17, 15) is 5.11 Å². The predicted molar refractivity (Wildman–Crippen MR) is 49.8 cm³/mol. The lowest BCUT2D eigenvalue weighted by atomic mass is 9.70. The molecule has 0 radical (unpaired) electrons. The Morgan fingerprint density at radius 3 is 2.31 bits per heavy atom. The lowest BCUT2D eigenvalue weighted by Crippen LogP contribution is -2.37. The number of aliphatic hydroxyl groups is 1. The molecule has 0 aromatic carbocycles. The number of rotatable bonds is 0. The van der Waals surface area contributed by atoms with Crippen molar-refractivity contribution in [3.63, 3.8) is 0 Å². The summed E-state index contributed by atoms with van der Waals surface area (Å²) in [5.74, 6) is 0.262. The second-order valence-electron chi connectivity index (χ2n) is 5.16. The summed E-state index contributed by atoms with van der Waals surface area (Å²) in [7, 11) is 0. The van der Waals surface area contributed by atoms with Crippen LogP contribution >= 0.6 is 0 Å². The van der Waals surface area contributed by atoms with Crippen LogP contribution in [-0.2, 0) is 0 Å². The van der Waals surface area contributed by atoms with Crippen LogP contribution < -0.4 is 0 Å². The maximum Gasteiger partial charge on any atom is 0.102 e. The molecule has 0 saturated heterocycles. The van der Waals surface area contributed by atoms with E-state index in [0.717, 1.165) is 12.8 Å². The Bertz CT molecular complexity index is 272. The van der Waals surface area contributed by atoms with Gasteiger partial charge in [0.05, 0.1) is 5.71 Å². The summed E-state index contributed by atoms with van der Waals surface area (Å²) in [6.07, 6.45) is 1.52. The monoisotopic (exact) mass is 183 g/mol. The van der Waals surface area contributed by atoms with Gasteiger partial charge in [0.15, 0.2) is 0 Å². The molecular formula is C10H17NO2. The molecule has 3 atom stereocenters. The van der Waals surface area contributed by atoms with Crippen LogP contribution in [0, 0.1) is 16.7 Å². The van der Waals surface area contributed by atoms with E-state index in [0.29, 0.717) is 5.71 Å². The van der Waals surface area contributed by atoms with Crippen LogP contribution in [0.2, 0.25) is 0 Å². The number of aliphatic hydroxyl groups excluding tert-OH is 1. The predicted octanol–water partition coefficient (Wildman–Crippen LogP) is 1.63. The Morgan fingerprint density at radius 2 is 2.00 bits per heavy atom. The quantitative estimate of drug-likeness (QED) is 0.443. The second-order valence-corrected chi connectivity index (χ2v) is 5.16. The summed E-state index contributed by atoms with van der Waals surface area (Å²) >= 11 is 0. The molecule has 13 heavy (non-hydrogen) atoms. The highest BCUT2D eigenvalue weighted by Gasteiger charge is 2.64. The molecule has 0 spiro atoms. The van der Waals surface area contributed by atoms with Gasteiger partial charge in [0, 0.05) is 11.3 Å². The fraction of sp³-hybridized carbons (Fsp3) is 0.900. The Hall–Kier alpha value is -0.570. The van der Waals surface area contributed by atoms with Crippen LogP contribution in [0.15, 0.2) is 5.16 Å². The fourth-order valence-corrected chi connectivity index (χ4v) is 3.17. The molecule has 2 bridgehead atoms. The zero-order valence-electron chi connectivity index (χ0n) is 8.41. The van der Waals surface area contributed by atoms with Gasteiger partial charge in [-0.05, 0) is 18.3 Å². The van der Waals surface area contributed by atoms with Gasteiger partial charge in [-0.1, -0.05) is 25.9 Å². The molecule has 2 fully saturated rings. The average Bonchev–Trinajstić information content (AvgIpc) is 2.36. The standard InChI is InChI=1S/C10H17NO2/c1-9(2)6-4-5-10(9,3)8(12)7(6)11-13/h6,8,12-13H,4-5H2,1-3H3/t6-,8+,10-/m0/s1. The molecule has 3 heteroatoms. The summed E-state index contributed by atoms with van der Waals surface area (Å²) in [5, 5.41) is 22.1. The van der Waals surface area contributed by atoms with Gasteiger partial charge < -0.3 is 10.3 Å².